The van der Waals surface area contributed by atoms with Gasteiger partial charge in [-0.2, -0.15) is 23.4 Å². The zero-order valence-electron chi connectivity index (χ0n) is 21.3. The van der Waals surface area contributed by atoms with Gasteiger partial charge in [0.1, 0.15) is 29.7 Å². The average Bonchev–Trinajstić information content (AvgIpc) is 3.55. The van der Waals surface area contributed by atoms with E-state index >= 15 is 0 Å². The molecule has 1 aliphatic heterocycles. The van der Waals surface area contributed by atoms with Crippen LogP contribution in [0.4, 0.5) is 24.8 Å². The van der Waals surface area contributed by atoms with Crippen LogP contribution in [0.2, 0.25) is 0 Å². The molecule has 37 heavy (non-hydrogen) atoms. The van der Waals surface area contributed by atoms with Crippen LogP contribution in [0.15, 0.2) is 30.7 Å². The van der Waals surface area contributed by atoms with E-state index in [4.69, 9.17) is 9.84 Å². The van der Waals surface area contributed by atoms with Crippen molar-refractivity contribution in [2.24, 2.45) is 5.92 Å². The number of methoxy groups -OCH3 is 1. The maximum Gasteiger partial charge on any atom is 0.412 e. The van der Waals surface area contributed by atoms with E-state index in [9.17, 15) is 13.2 Å². The summed E-state index contributed by atoms with van der Waals surface area (Å²) in [7, 11) is 3.03. The van der Waals surface area contributed by atoms with E-state index in [-0.39, 0.29) is 0 Å². The third-order valence-corrected chi connectivity index (χ3v) is 6.71. The number of aromatic nitrogens is 6. The molecule has 0 spiro atoms. The van der Waals surface area contributed by atoms with Crippen LogP contribution in [-0.2, 0) is 6.54 Å². The molecule has 0 aromatic carbocycles. The average molecular weight is 515 g/mol. The van der Waals surface area contributed by atoms with Gasteiger partial charge in [0, 0.05) is 37.0 Å². The van der Waals surface area contributed by atoms with Crippen molar-refractivity contribution in [3.05, 3.63) is 53.4 Å². The van der Waals surface area contributed by atoms with E-state index in [1.165, 1.54) is 36.6 Å². The van der Waals surface area contributed by atoms with Crippen LogP contribution in [0.3, 0.4) is 0 Å². The van der Waals surface area contributed by atoms with Gasteiger partial charge in [-0.05, 0) is 39.5 Å². The Morgan fingerprint density at radius 2 is 1.89 bits per heavy atom. The molecule has 1 fully saturated rings. The number of anilines is 2. The highest BCUT2D eigenvalue weighted by Crippen LogP contribution is 2.36. The molecule has 1 aliphatic carbocycles. The summed E-state index contributed by atoms with van der Waals surface area (Å²) in [5.74, 6) is 3.09. The summed E-state index contributed by atoms with van der Waals surface area (Å²) in [6.45, 7) is 6.40. The minimum absolute atomic E-state index is 0.531. The Kier molecular flexibility index (Phi) is 6.20. The van der Waals surface area contributed by atoms with Gasteiger partial charge in [-0.25, -0.2) is 19.3 Å². The lowest BCUT2D eigenvalue weighted by Crippen LogP contribution is -2.40. The maximum absolute atomic E-state index is 13.3. The topological polar surface area (TPSA) is 85.9 Å². The van der Waals surface area contributed by atoms with Crippen LogP contribution >= 0.6 is 0 Å². The SMILES string of the molecule is COc1c(C)nn(-c2cc(Nc3c(C)c(C4=CN(C)C(C(F)(F)F)C=C4)nn3CC3CC3)ncn2)c1C. The van der Waals surface area contributed by atoms with Gasteiger partial charge in [-0.3, -0.25) is 0 Å². The third-order valence-electron chi connectivity index (χ3n) is 6.71. The Balaban J connectivity index is 1.48. The minimum atomic E-state index is -4.35. The molecule has 1 unspecified atom stereocenters. The van der Waals surface area contributed by atoms with Gasteiger partial charge in [-0.15, -0.1) is 0 Å². The first-order chi connectivity index (χ1) is 17.6. The molecule has 4 heterocycles. The van der Waals surface area contributed by atoms with Gasteiger partial charge >= 0.3 is 6.18 Å². The molecule has 2 aliphatic rings. The van der Waals surface area contributed by atoms with Crippen molar-refractivity contribution < 1.29 is 17.9 Å². The number of allylic oxidation sites excluding steroid dienone is 2. The number of likely N-dealkylation sites (N-methyl/N-ethyl adjacent to an activating group) is 1. The monoisotopic (exact) mass is 514 g/mol. The summed E-state index contributed by atoms with van der Waals surface area (Å²) in [4.78, 5) is 9.93. The first-order valence-electron chi connectivity index (χ1n) is 12.0. The number of aryl methyl sites for hydroxylation is 1. The molecule has 9 nitrogen and oxygen atoms in total. The molecule has 12 heteroatoms. The maximum atomic E-state index is 13.3. The molecule has 1 atom stereocenters. The Morgan fingerprint density at radius 1 is 1.14 bits per heavy atom. The predicted molar refractivity (Wildman–Crippen MR) is 133 cm³/mol. The smallest absolute Gasteiger partial charge is 0.412 e. The first-order valence-corrected chi connectivity index (χ1v) is 12.0. The molecular formula is C25H29F3N8O. The Hall–Kier alpha value is -3.83. The quantitative estimate of drug-likeness (QED) is 0.488. The van der Waals surface area contributed by atoms with Gasteiger partial charge < -0.3 is 15.0 Å². The fourth-order valence-electron chi connectivity index (χ4n) is 4.61. The summed E-state index contributed by atoms with van der Waals surface area (Å²) in [6, 6.07) is 0.128. The van der Waals surface area contributed by atoms with Gasteiger partial charge in [0.05, 0.1) is 18.5 Å². The standard InChI is InChI=1S/C25H29F3N8O/c1-14-22(18-8-9-19(25(26,27)28)34(4)12-18)33-35(11-17-6-7-17)24(14)31-20-10-21(30-13-29-20)36-16(3)23(37-5)15(2)32-36/h8-10,12-13,17,19H,6-7,11H2,1-5H3,(H,29,30,31). The zero-order chi connectivity index (χ0) is 26.5. The Labute approximate surface area is 212 Å². The number of halogens is 3. The molecule has 1 saturated carbocycles. The fraction of sp³-hybridized carbons (Fsp3) is 0.440. The van der Waals surface area contributed by atoms with Crippen molar-refractivity contribution in [1.82, 2.24) is 34.4 Å². The van der Waals surface area contributed by atoms with Crippen LogP contribution in [0.25, 0.3) is 11.4 Å². The van der Waals surface area contributed by atoms with E-state index in [0.29, 0.717) is 41.1 Å². The number of nitrogens with one attached hydrogen (secondary N) is 1. The highest BCUT2D eigenvalue weighted by Gasteiger charge is 2.41. The molecule has 0 bridgehead atoms. The van der Waals surface area contributed by atoms with E-state index in [0.717, 1.165) is 35.6 Å². The second-order valence-electron chi connectivity index (χ2n) is 9.55. The minimum Gasteiger partial charge on any atom is -0.493 e. The molecule has 1 N–H and O–H groups in total. The van der Waals surface area contributed by atoms with Crippen LogP contribution in [0.5, 0.6) is 5.75 Å². The summed E-state index contributed by atoms with van der Waals surface area (Å²) in [5, 5.41) is 12.7. The molecule has 3 aromatic rings. The van der Waals surface area contributed by atoms with Gasteiger partial charge in [0.25, 0.3) is 0 Å². The zero-order valence-corrected chi connectivity index (χ0v) is 21.3. The molecule has 3 aromatic heterocycles. The molecular weight excluding hydrogens is 485 g/mol. The number of rotatable bonds is 7. The lowest BCUT2D eigenvalue weighted by Gasteiger charge is -2.29. The highest BCUT2D eigenvalue weighted by atomic mass is 19.4. The van der Waals surface area contributed by atoms with Crippen LogP contribution in [0, 0.1) is 26.7 Å². The normalized spacial score (nSPS) is 17.8. The number of alkyl halides is 3. The van der Waals surface area contributed by atoms with Gasteiger partial charge in [0.15, 0.2) is 11.6 Å². The van der Waals surface area contributed by atoms with Crippen LogP contribution in [-0.4, -0.2) is 60.8 Å². The molecule has 196 valence electrons. The lowest BCUT2D eigenvalue weighted by molar-refractivity contribution is -0.161. The summed E-state index contributed by atoms with van der Waals surface area (Å²) >= 11 is 0. The predicted octanol–water partition coefficient (Wildman–Crippen LogP) is 4.72. The van der Waals surface area contributed by atoms with E-state index < -0.39 is 12.2 Å². The van der Waals surface area contributed by atoms with Gasteiger partial charge in [-0.1, -0.05) is 12.2 Å². The van der Waals surface area contributed by atoms with E-state index in [2.05, 4.69) is 20.4 Å². The second-order valence-corrected chi connectivity index (χ2v) is 9.55. The van der Waals surface area contributed by atoms with Crippen molar-refractivity contribution >= 4 is 17.2 Å². The number of nitrogens with zero attached hydrogens (tertiary/aromatic N) is 7. The van der Waals surface area contributed by atoms with Crippen LogP contribution in [0.1, 0.15) is 35.5 Å². The van der Waals surface area contributed by atoms with Crippen molar-refractivity contribution in [3.63, 3.8) is 0 Å². The van der Waals surface area contributed by atoms with E-state index in [1.807, 2.05) is 25.5 Å². The Bertz CT molecular complexity index is 1380. The number of hydrogen-bond donors (Lipinski definition) is 1. The molecule has 0 radical (unpaired) electrons. The van der Waals surface area contributed by atoms with Crippen molar-refractivity contribution in [1.29, 1.82) is 0 Å². The largest absolute Gasteiger partial charge is 0.493 e. The third kappa shape index (κ3) is 4.79. The lowest BCUT2D eigenvalue weighted by atomic mass is 10.0. The van der Waals surface area contributed by atoms with Crippen molar-refractivity contribution in [2.75, 3.05) is 19.5 Å². The van der Waals surface area contributed by atoms with Gasteiger partial charge in [0.2, 0.25) is 0 Å². The first kappa shape index (κ1) is 24.8. The summed E-state index contributed by atoms with van der Waals surface area (Å²) < 4.78 is 49.0. The van der Waals surface area contributed by atoms with Crippen LogP contribution < -0.4 is 10.1 Å². The number of ether oxygens (including phenoxy) is 1. The second kappa shape index (κ2) is 9.24. The van der Waals surface area contributed by atoms with E-state index in [1.54, 1.807) is 17.9 Å². The fourth-order valence-corrected chi connectivity index (χ4v) is 4.61. The Morgan fingerprint density at radius 3 is 2.51 bits per heavy atom. The summed E-state index contributed by atoms with van der Waals surface area (Å²) in [6.07, 6.45) is 3.53. The van der Waals surface area contributed by atoms with Crippen molar-refractivity contribution in [3.8, 4) is 11.6 Å². The molecule has 0 amide bonds. The summed E-state index contributed by atoms with van der Waals surface area (Å²) in [5.41, 5.74) is 3.64. The van der Waals surface area contributed by atoms with Crippen molar-refractivity contribution in [2.45, 2.75) is 52.4 Å². The highest BCUT2D eigenvalue weighted by molar-refractivity contribution is 5.78. The molecule has 0 saturated heterocycles. The molecule has 5 rings (SSSR count). The number of hydrogen-bond acceptors (Lipinski definition) is 7.